The molecule has 2 unspecified atom stereocenters. The van der Waals surface area contributed by atoms with Crippen LogP contribution in [0.2, 0.25) is 0 Å². The number of hydrogen-bond donors (Lipinski definition) is 3. The third kappa shape index (κ3) is 9.72. The number of hydrogen-bond acceptors (Lipinski definition) is 3. The molecule has 1 aliphatic rings. The number of nitrogens with zero attached hydrogens (tertiary/aromatic N) is 2. The number of carbonyl (C=O) groups excluding carboxylic acids is 1. The molecule has 1 aromatic carbocycles. The van der Waals surface area contributed by atoms with E-state index in [0.29, 0.717) is 18.7 Å². The Bertz CT molecular complexity index is 726. The molecule has 0 aliphatic heterocycles. The van der Waals surface area contributed by atoms with Crippen molar-refractivity contribution >= 4 is 35.8 Å². The van der Waals surface area contributed by atoms with Crippen LogP contribution in [0.1, 0.15) is 57.6 Å². The van der Waals surface area contributed by atoms with Crippen LogP contribution in [0.5, 0.6) is 0 Å². The van der Waals surface area contributed by atoms with Crippen molar-refractivity contribution in [1.82, 2.24) is 20.9 Å². The number of amides is 1. The molecule has 0 aromatic heterocycles. The van der Waals surface area contributed by atoms with E-state index >= 15 is 0 Å². The number of halogens is 2. The molecule has 1 aliphatic carbocycles. The van der Waals surface area contributed by atoms with Crippen LogP contribution in [0, 0.1) is 11.7 Å². The SMILES string of the molecule is CCNC(=NCc1ccc(F)c(CN(C)C)c1)NC1CCCC(C(=O)NC(C)C)C1.I. The van der Waals surface area contributed by atoms with Gasteiger partial charge in [-0.2, -0.15) is 0 Å². The molecular formula is C23H39FIN5O. The van der Waals surface area contributed by atoms with Crippen LogP contribution in [-0.4, -0.2) is 49.5 Å². The molecule has 0 bridgehead atoms. The summed E-state index contributed by atoms with van der Waals surface area (Å²) in [6.45, 7) is 7.80. The lowest BCUT2D eigenvalue weighted by Crippen LogP contribution is -2.47. The van der Waals surface area contributed by atoms with Gasteiger partial charge in [0.15, 0.2) is 5.96 Å². The van der Waals surface area contributed by atoms with E-state index in [4.69, 9.17) is 4.99 Å². The molecule has 0 spiro atoms. The minimum atomic E-state index is -0.186. The van der Waals surface area contributed by atoms with Crippen molar-refractivity contribution in [1.29, 1.82) is 0 Å². The van der Waals surface area contributed by atoms with Crippen molar-refractivity contribution in [2.45, 2.75) is 71.6 Å². The number of nitrogens with one attached hydrogen (secondary N) is 3. The van der Waals surface area contributed by atoms with Gasteiger partial charge in [-0.1, -0.05) is 12.5 Å². The van der Waals surface area contributed by atoms with Gasteiger partial charge in [-0.25, -0.2) is 9.38 Å². The molecule has 1 aromatic rings. The number of benzene rings is 1. The first kappa shape index (κ1) is 27.6. The standard InChI is InChI=1S/C23H38FN5O.HI/c1-6-25-23(26-14-17-10-11-21(24)19(12-17)15-29(4)5)28-20-9-7-8-18(13-20)22(30)27-16(2)3;/h10-12,16,18,20H,6-9,13-15H2,1-5H3,(H,27,30)(H2,25,26,28);1H. The van der Waals surface area contributed by atoms with Gasteiger partial charge >= 0.3 is 0 Å². The second kappa shape index (κ2) is 13.9. The minimum Gasteiger partial charge on any atom is -0.357 e. The summed E-state index contributed by atoms with van der Waals surface area (Å²) in [5.74, 6) is 0.755. The van der Waals surface area contributed by atoms with Crippen molar-refractivity contribution in [3.63, 3.8) is 0 Å². The largest absolute Gasteiger partial charge is 0.357 e. The van der Waals surface area contributed by atoms with Gasteiger partial charge in [0.1, 0.15) is 5.82 Å². The van der Waals surface area contributed by atoms with Gasteiger partial charge in [0.2, 0.25) is 5.91 Å². The van der Waals surface area contributed by atoms with E-state index in [1.807, 2.05) is 45.8 Å². The van der Waals surface area contributed by atoms with Crippen molar-refractivity contribution in [2.24, 2.45) is 10.9 Å². The van der Waals surface area contributed by atoms with Crippen LogP contribution in [0.4, 0.5) is 4.39 Å². The topological polar surface area (TPSA) is 68.8 Å². The van der Waals surface area contributed by atoms with Crippen LogP contribution in [0.3, 0.4) is 0 Å². The van der Waals surface area contributed by atoms with Crippen LogP contribution in [0.25, 0.3) is 0 Å². The summed E-state index contributed by atoms with van der Waals surface area (Å²) >= 11 is 0. The van der Waals surface area contributed by atoms with Crippen LogP contribution in [-0.2, 0) is 17.9 Å². The Morgan fingerprint density at radius 2 is 2.03 bits per heavy atom. The fraction of sp³-hybridized carbons (Fsp3) is 0.652. The Kier molecular flexibility index (Phi) is 12.4. The fourth-order valence-electron chi connectivity index (χ4n) is 3.83. The van der Waals surface area contributed by atoms with E-state index in [1.54, 1.807) is 6.07 Å². The predicted octanol–water partition coefficient (Wildman–Crippen LogP) is 3.64. The van der Waals surface area contributed by atoms with E-state index in [0.717, 1.165) is 43.8 Å². The predicted molar refractivity (Wildman–Crippen MR) is 136 cm³/mol. The number of guanidine groups is 1. The zero-order chi connectivity index (χ0) is 22.1. The molecule has 8 heteroatoms. The summed E-state index contributed by atoms with van der Waals surface area (Å²) < 4.78 is 14.0. The highest BCUT2D eigenvalue weighted by Gasteiger charge is 2.28. The van der Waals surface area contributed by atoms with Gasteiger partial charge in [-0.15, -0.1) is 24.0 Å². The van der Waals surface area contributed by atoms with Gasteiger partial charge in [-0.3, -0.25) is 4.79 Å². The van der Waals surface area contributed by atoms with E-state index in [2.05, 4.69) is 16.0 Å². The quantitative estimate of drug-likeness (QED) is 0.264. The van der Waals surface area contributed by atoms with Crippen molar-refractivity contribution in [2.75, 3.05) is 20.6 Å². The summed E-state index contributed by atoms with van der Waals surface area (Å²) in [5.41, 5.74) is 1.65. The fourth-order valence-corrected chi connectivity index (χ4v) is 3.83. The number of aliphatic imine (C=N–C) groups is 1. The normalized spacial score (nSPS) is 19.2. The Labute approximate surface area is 203 Å². The average molecular weight is 548 g/mol. The number of rotatable bonds is 8. The summed E-state index contributed by atoms with van der Waals surface area (Å²) in [7, 11) is 3.85. The van der Waals surface area contributed by atoms with Gasteiger partial charge in [0, 0.05) is 36.7 Å². The molecule has 2 rings (SSSR count). The summed E-state index contributed by atoms with van der Waals surface area (Å²) in [5, 5.41) is 9.83. The molecule has 1 fully saturated rings. The van der Waals surface area contributed by atoms with Crippen molar-refractivity contribution in [3.8, 4) is 0 Å². The Hall–Kier alpha value is -1.42. The molecule has 1 saturated carbocycles. The van der Waals surface area contributed by atoms with Crippen LogP contribution in [0.15, 0.2) is 23.2 Å². The lowest BCUT2D eigenvalue weighted by molar-refractivity contribution is -0.126. The first-order valence-electron chi connectivity index (χ1n) is 11.1. The molecule has 0 radical (unpaired) electrons. The first-order valence-corrected chi connectivity index (χ1v) is 11.1. The monoisotopic (exact) mass is 547 g/mol. The highest BCUT2D eigenvalue weighted by Crippen LogP contribution is 2.24. The van der Waals surface area contributed by atoms with Gasteiger partial charge in [0.25, 0.3) is 0 Å². The minimum absolute atomic E-state index is 0. The molecular weight excluding hydrogens is 508 g/mol. The smallest absolute Gasteiger partial charge is 0.223 e. The maximum atomic E-state index is 14.0. The lowest BCUT2D eigenvalue weighted by Gasteiger charge is -2.30. The molecule has 1 amide bonds. The van der Waals surface area contributed by atoms with Crippen molar-refractivity contribution in [3.05, 3.63) is 35.1 Å². The molecule has 6 nitrogen and oxygen atoms in total. The zero-order valence-corrected chi connectivity index (χ0v) is 21.8. The van der Waals surface area contributed by atoms with E-state index < -0.39 is 0 Å². The highest BCUT2D eigenvalue weighted by atomic mass is 127. The third-order valence-electron chi connectivity index (χ3n) is 5.18. The summed E-state index contributed by atoms with van der Waals surface area (Å²) in [4.78, 5) is 19.0. The van der Waals surface area contributed by atoms with Crippen LogP contribution >= 0.6 is 24.0 Å². The second-order valence-electron chi connectivity index (χ2n) is 8.73. The summed E-state index contributed by atoms with van der Waals surface area (Å²) in [6.07, 6.45) is 3.81. The highest BCUT2D eigenvalue weighted by molar-refractivity contribution is 14.0. The molecule has 0 heterocycles. The third-order valence-corrected chi connectivity index (χ3v) is 5.18. The van der Waals surface area contributed by atoms with E-state index in [-0.39, 0.29) is 53.7 Å². The summed E-state index contributed by atoms with van der Waals surface area (Å²) in [6, 6.07) is 5.57. The Morgan fingerprint density at radius 3 is 2.68 bits per heavy atom. The maximum Gasteiger partial charge on any atom is 0.223 e. The van der Waals surface area contributed by atoms with Gasteiger partial charge in [-0.05, 0) is 71.8 Å². The second-order valence-corrected chi connectivity index (χ2v) is 8.73. The van der Waals surface area contributed by atoms with Crippen LogP contribution < -0.4 is 16.0 Å². The zero-order valence-electron chi connectivity index (χ0n) is 19.5. The number of carbonyl (C=O) groups is 1. The Balaban J connectivity index is 0.00000480. The average Bonchev–Trinajstić information content (AvgIpc) is 2.68. The lowest BCUT2D eigenvalue weighted by atomic mass is 9.85. The van der Waals surface area contributed by atoms with E-state index in [9.17, 15) is 9.18 Å². The first-order chi connectivity index (χ1) is 14.3. The molecule has 3 N–H and O–H groups in total. The molecule has 31 heavy (non-hydrogen) atoms. The molecule has 2 atom stereocenters. The van der Waals surface area contributed by atoms with Gasteiger partial charge in [0.05, 0.1) is 6.54 Å². The van der Waals surface area contributed by atoms with Crippen molar-refractivity contribution < 1.29 is 9.18 Å². The van der Waals surface area contributed by atoms with Gasteiger partial charge < -0.3 is 20.9 Å². The van der Waals surface area contributed by atoms with E-state index in [1.165, 1.54) is 6.07 Å². The maximum absolute atomic E-state index is 14.0. The Morgan fingerprint density at radius 1 is 1.29 bits per heavy atom. The molecule has 176 valence electrons. The molecule has 0 saturated heterocycles.